The van der Waals surface area contributed by atoms with Crippen LogP contribution in [0.15, 0.2) is 29.0 Å². The van der Waals surface area contributed by atoms with Crippen molar-refractivity contribution in [1.29, 1.82) is 0 Å². The van der Waals surface area contributed by atoms with E-state index in [0.29, 0.717) is 0 Å². The van der Waals surface area contributed by atoms with Crippen molar-refractivity contribution in [3.05, 3.63) is 40.1 Å². The highest BCUT2D eigenvalue weighted by molar-refractivity contribution is 9.10. The van der Waals surface area contributed by atoms with Gasteiger partial charge in [0.05, 0.1) is 25.0 Å². The summed E-state index contributed by atoms with van der Waals surface area (Å²) in [5.74, 6) is 0.839. The first-order chi connectivity index (χ1) is 9.55. The number of hydrogen-bond donors (Lipinski definition) is 1. The first-order valence-electron chi connectivity index (χ1n) is 6.68. The lowest BCUT2D eigenvalue weighted by molar-refractivity contribution is 0.415. The van der Waals surface area contributed by atoms with Crippen molar-refractivity contribution in [2.45, 2.75) is 33.4 Å². The van der Waals surface area contributed by atoms with Gasteiger partial charge in [-0.1, -0.05) is 15.9 Å². The van der Waals surface area contributed by atoms with E-state index in [9.17, 15) is 0 Å². The molecule has 108 valence electrons. The van der Waals surface area contributed by atoms with E-state index in [-0.39, 0.29) is 6.04 Å². The highest BCUT2D eigenvalue weighted by Gasteiger charge is 2.13. The molecule has 0 amide bonds. The van der Waals surface area contributed by atoms with E-state index in [1.807, 2.05) is 16.9 Å². The topological polar surface area (TPSA) is 39.1 Å². The van der Waals surface area contributed by atoms with Gasteiger partial charge in [-0.15, -0.1) is 0 Å². The molecule has 0 aliphatic carbocycles. The predicted molar refractivity (Wildman–Crippen MR) is 85.4 cm³/mol. The molecule has 20 heavy (non-hydrogen) atoms. The Kier molecular flexibility index (Phi) is 4.70. The highest BCUT2D eigenvalue weighted by atomic mass is 79.9. The zero-order chi connectivity index (χ0) is 14.7. The van der Waals surface area contributed by atoms with Crippen LogP contribution in [0, 0.1) is 6.92 Å². The molecule has 1 aromatic heterocycles. The first-order valence-corrected chi connectivity index (χ1v) is 7.47. The van der Waals surface area contributed by atoms with Crippen molar-refractivity contribution in [2.75, 3.05) is 12.4 Å². The number of aryl methyl sites for hydroxylation is 2. The number of benzene rings is 1. The van der Waals surface area contributed by atoms with Crippen LogP contribution < -0.4 is 10.1 Å². The maximum Gasteiger partial charge on any atom is 0.143 e. The van der Waals surface area contributed by atoms with Crippen molar-refractivity contribution in [1.82, 2.24) is 9.78 Å². The second-order valence-electron chi connectivity index (χ2n) is 4.80. The lowest BCUT2D eigenvalue weighted by atomic mass is 10.1. The Bertz CT molecular complexity index is 595. The molecule has 1 heterocycles. The number of nitrogens with zero attached hydrogens (tertiary/aromatic N) is 2. The molecule has 4 nitrogen and oxygen atoms in total. The summed E-state index contributed by atoms with van der Waals surface area (Å²) < 4.78 is 8.40. The Morgan fingerprint density at radius 2 is 2.20 bits per heavy atom. The van der Waals surface area contributed by atoms with E-state index < -0.39 is 0 Å². The summed E-state index contributed by atoms with van der Waals surface area (Å²) in [5, 5.41) is 7.83. The monoisotopic (exact) mass is 337 g/mol. The average molecular weight is 338 g/mol. The van der Waals surface area contributed by atoms with E-state index in [1.54, 1.807) is 7.11 Å². The molecule has 2 aromatic rings. The molecule has 2 rings (SSSR count). The summed E-state index contributed by atoms with van der Waals surface area (Å²) in [4.78, 5) is 0. The molecule has 1 N–H and O–H groups in total. The smallest absolute Gasteiger partial charge is 0.143 e. The fourth-order valence-corrected chi connectivity index (χ4v) is 2.69. The van der Waals surface area contributed by atoms with Crippen molar-refractivity contribution < 1.29 is 4.74 Å². The summed E-state index contributed by atoms with van der Waals surface area (Å²) >= 11 is 3.49. The number of aromatic nitrogens is 2. The van der Waals surface area contributed by atoms with Crippen LogP contribution >= 0.6 is 15.9 Å². The average Bonchev–Trinajstić information content (AvgIpc) is 2.90. The number of hydrogen-bond acceptors (Lipinski definition) is 3. The first kappa shape index (κ1) is 14.9. The minimum Gasteiger partial charge on any atom is -0.495 e. The summed E-state index contributed by atoms with van der Waals surface area (Å²) in [6.07, 6.45) is 3.97. The maximum atomic E-state index is 5.46. The molecule has 5 heteroatoms. The fraction of sp³-hybridized carbons (Fsp3) is 0.400. The third-order valence-electron chi connectivity index (χ3n) is 3.32. The second-order valence-corrected chi connectivity index (χ2v) is 5.71. The van der Waals surface area contributed by atoms with Gasteiger partial charge >= 0.3 is 0 Å². The van der Waals surface area contributed by atoms with Gasteiger partial charge in [0.2, 0.25) is 0 Å². The van der Waals surface area contributed by atoms with Crippen molar-refractivity contribution in [3.8, 4) is 5.75 Å². The van der Waals surface area contributed by atoms with Crippen molar-refractivity contribution in [2.24, 2.45) is 0 Å². The molecule has 0 aliphatic heterocycles. The predicted octanol–water partition coefficient (Wildman–Crippen LogP) is 4.16. The molecule has 0 aliphatic rings. The van der Waals surface area contributed by atoms with E-state index in [4.69, 9.17) is 4.74 Å². The molecule has 0 saturated carbocycles. The summed E-state index contributed by atoms with van der Waals surface area (Å²) in [5.41, 5.74) is 3.33. The lowest BCUT2D eigenvalue weighted by Crippen LogP contribution is -2.08. The molecule has 0 radical (unpaired) electrons. The number of rotatable bonds is 5. The molecule has 0 saturated heterocycles. The van der Waals surface area contributed by atoms with Gasteiger partial charge < -0.3 is 10.1 Å². The number of ether oxygens (including phenoxy) is 1. The zero-order valence-corrected chi connectivity index (χ0v) is 13.9. The molecule has 0 fully saturated rings. The maximum absolute atomic E-state index is 5.46. The van der Waals surface area contributed by atoms with Gasteiger partial charge in [0.1, 0.15) is 5.75 Å². The molecule has 1 unspecified atom stereocenters. The number of anilines is 1. The quantitative estimate of drug-likeness (QED) is 0.890. The van der Waals surface area contributed by atoms with Crippen LogP contribution in [0.3, 0.4) is 0 Å². The standard InChI is InChI=1S/C15H20BrN3O/c1-5-19-9-12(8-17-19)11(3)18-15-10(2)6-13(16)7-14(15)20-4/h6-9,11,18H,5H2,1-4H3. The van der Waals surface area contributed by atoms with Crippen LogP contribution in [0.1, 0.15) is 31.0 Å². The van der Waals surface area contributed by atoms with Gasteiger partial charge in [-0.3, -0.25) is 4.68 Å². The molecular formula is C15H20BrN3O. The van der Waals surface area contributed by atoms with Crippen LogP contribution in [0.2, 0.25) is 0 Å². The molecule has 1 atom stereocenters. The third kappa shape index (κ3) is 3.15. The Labute approximate surface area is 128 Å². The van der Waals surface area contributed by atoms with Gasteiger partial charge in [0.25, 0.3) is 0 Å². The van der Waals surface area contributed by atoms with Gasteiger partial charge in [-0.25, -0.2) is 0 Å². The summed E-state index contributed by atoms with van der Waals surface area (Å²) in [6, 6.07) is 4.22. The van der Waals surface area contributed by atoms with Crippen molar-refractivity contribution in [3.63, 3.8) is 0 Å². The van der Waals surface area contributed by atoms with Gasteiger partial charge in [-0.2, -0.15) is 5.10 Å². The van der Waals surface area contributed by atoms with Gasteiger partial charge in [0, 0.05) is 22.8 Å². The minimum absolute atomic E-state index is 0.170. The Morgan fingerprint density at radius 1 is 1.45 bits per heavy atom. The number of halogens is 1. The normalized spacial score (nSPS) is 12.2. The highest BCUT2D eigenvalue weighted by Crippen LogP contribution is 2.34. The fourth-order valence-electron chi connectivity index (χ4n) is 2.13. The minimum atomic E-state index is 0.170. The zero-order valence-electron chi connectivity index (χ0n) is 12.3. The molecule has 1 aromatic carbocycles. The SMILES string of the molecule is CCn1cc(C(C)Nc2c(C)cc(Br)cc2OC)cn1. The van der Waals surface area contributed by atoms with E-state index in [0.717, 1.165) is 33.6 Å². The van der Waals surface area contributed by atoms with Crippen LogP contribution in [0.25, 0.3) is 0 Å². The van der Waals surface area contributed by atoms with Gasteiger partial charge in [0.15, 0.2) is 0 Å². The lowest BCUT2D eigenvalue weighted by Gasteiger charge is -2.19. The van der Waals surface area contributed by atoms with E-state index in [2.05, 4.69) is 59.4 Å². The third-order valence-corrected chi connectivity index (χ3v) is 3.78. The van der Waals surface area contributed by atoms with E-state index in [1.165, 1.54) is 0 Å². The van der Waals surface area contributed by atoms with Crippen LogP contribution in [0.5, 0.6) is 5.75 Å². The largest absolute Gasteiger partial charge is 0.495 e. The summed E-state index contributed by atoms with van der Waals surface area (Å²) in [7, 11) is 1.69. The van der Waals surface area contributed by atoms with Gasteiger partial charge in [-0.05, 0) is 38.5 Å². The number of nitrogens with one attached hydrogen (secondary N) is 1. The van der Waals surface area contributed by atoms with Crippen LogP contribution in [-0.4, -0.2) is 16.9 Å². The summed E-state index contributed by atoms with van der Waals surface area (Å²) in [6.45, 7) is 7.15. The Morgan fingerprint density at radius 3 is 2.80 bits per heavy atom. The second kappa shape index (κ2) is 6.31. The van der Waals surface area contributed by atoms with Crippen molar-refractivity contribution >= 4 is 21.6 Å². The Hall–Kier alpha value is -1.49. The molecular weight excluding hydrogens is 318 g/mol. The number of methoxy groups -OCH3 is 1. The molecule has 0 spiro atoms. The van der Waals surface area contributed by atoms with Crippen LogP contribution in [-0.2, 0) is 6.54 Å². The molecule has 0 bridgehead atoms. The van der Waals surface area contributed by atoms with Crippen LogP contribution in [0.4, 0.5) is 5.69 Å². The Balaban J connectivity index is 2.25. The van der Waals surface area contributed by atoms with E-state index >= 15 is 0 Å².